The van der Waals surface area contributed by atoms with Crippen molar-refractivity contribution in [3.05, 3.63) is 86.9 Å². The second-order valence-electron chi connectivity index (χ2n) is 10.2. The lowest BCUT2D eigenvalue weighted by Gasteiger charge is -2.32. The van der Waals surface area contributed by atoms with Gasteiger partial charge in [-0.15, -0.1) is 0 Å². The van der Waals surface area contributed by atoms with Crippen LogP contribution in [-0.4, -0.2) is 51.4 Å². The number of ether oxygens (including phenoxy) is 1. The number of carbonyl (C=O) groups is 2. The summed E-state index contributed by atoms with van der Waals surface area (Å²) in [4.78, 5) is 28.5. The molecule has 0 heterocycles. The molecule has 0 unspecified atom stereocenters. The average molecular weight is 655 g/mol. The van der Waals surface area contributed by atoms with E-state index in [-0.39, 0.29) is 34.0 Å². The molecule has 3 aromatic carbocycles. The summed E-state index contributed by atoms with van der Waals surface area (Å²) < 4.78 is 34.1. The number of rotatable bonds is 12. The Kier molecular flexibility index (Phi) is 11.5. The Morgan fingerprint density at radius 3 is 2.17 bits per heavy atom. The third kappa shape index (κ3) is 8.31. The highest BCUT2D eigenvalue weighted by Gasteiger charge is 2.33. The maximum absolute atomic E-state index is 14.0. The van der Waals surface area contributed by atoms with Gasteiger partial charge in [0.1, 0.15) is 18.3 Å². The summed E-state index contributed by atoms with van der Waals surface area (Å²) >= 11 is 18.8. The van der Waals surface area contributed by atoms with Gasteiger partial charge in [-0.1, -0.05) is 72.4 Å². The number of amides is 2. The SMILES string of the molecule is COc1ccc(N(CC(=O)N(Cc2ccc(Cl)cc2Cl)[C@@H](C)C(=O)NCC(C)C)S(=O)(=O)c2ccc(C)cc2)cc1Cl. The number of nitrogens with one attached hydrogen (secondary N) is 1. The van der Waals surface area contributed by atoms with E-state index in [1.54, 1.807) is 31.2 Å². The zero-order valence-corrected chi connectivity index (χ0v) is 27.1. The minimum absolute atomic E-state index is 0.0112. The van der Waals surface area contributed by atoms with Crippen LogP contribution in [0, 0.1) is 12.8 Å². The summed E-state index contributed by atoms with van der Waals surface area (Å²) in [7, 11) is -2.81. The number of hydrogen-bond donors (Lipinski definition) is 1. The van der Waals surface area contributed by atoms with Gasteiger partial charge in [-0.25, -0.2) is 8.42 Å². The monoisotopic (exact) mass is 653 g/mol. The molecule has 3 rings (SSSR count). The Hall–Kier alpha value is -2.98. The second-order valence-corrected chi connectivity index (χ2v) is 13.3. The van der Waals surface area contributed by atoms with Crippen molar-refractivity contribution < 1.29 is 22.7 Å². The maximum atomic E-state index is 14.0. The largest absolute Gasteiger partial charge is 0.495 e. The molecule has 226 valence electrons. The van der Waals surface area contributed by atoms with Gasteiger partial charge in [-0.3, -0.25) is 13.9 Å². The van der Waals surface area contributed by atoms with E-state index >= 15 is 0 Å². The lowest BCUT2D eigenvalue weighted by Crippen LogP contribution is -2.51. The smallest absolute Gasteiger partial charge is 0.264 e. The number of carbonyl (C=O) groups excluding carboxylic acids is 2. The van der Waals surface area contributed by atoms with Crippen LogP contribution >= 0.6 is 34.8 Å². The van der Waals surface area contributed by atoms with Gasteiger partial charge in [0.05, 0.1) is 22.7 Å². The number of methoxy groups -OCH3 is 1. The molecule has 0 radical (unpaired) electrons. The van der Waals surface area contributed by atoms with Gasteiger partial charge in [0.25, 0.3) is 10.0 Å². The number of halogens is 3. The van der Waals surface area contributed by atoms with Crippen molar-refractivity contribution >= 4 is 62.3 Å². The molecule has 3 aromatic rings. The van der Waals surface area contributed by atoms with Crippen molar-refractivity contribution in [3.63, 3.8) is 0 Å². The van der Waals surface area contributed by atoms with Gasteiger partial charge in [-0.05, 0) is 67.8 Å². The van der Waals surface area contributed by atoms with Crippen LogP contribution in [0.3, 0.4) is 0 Å². The van der Waals surface area contributed by atoms with Crippen molar-refractivity contribution in [1.29, 1.82) is 0 Å². The molecule has 2 amide bonds. The van der Waals surface area contributed by atoms with Gasteiger partial charge in [0.15, 0.2) is 0 Å². The summed E-state index contributed by atoms with van der Waals surface area (Å²) in [5.41, 5.74) is 1.56. The quantitative estimate of drug-likeness (QED) is 0.246. The number of hydrogen-bond acceptors (Lipinski definition) is 5. The van der Waals surface area contributed by atoms with E-state index in [2.05, 4.69) is 5.32 Å². The molecule has 0 aromatic heterocycles. The number of benzene rings is 3. The van der Waals surface area contributed by atoms with E-state index in [9.17, 15) is 18.0 Å². The van der Waals surface area contributed by atoms with Crippen LogP contribution in [0.1, 0.15) is 31.9 Å². The Morgan fingerprint density at radius 2 is 1.60 bits per heavy atom. The molecule has 42 heavy (non-hydrogen) atoms. The molecule has 0 aliphatic heterocycles. The highest BCUT2D eigenvalue weighted by Crippen LogP contribution is 2.32. The first kappa shape index (κ1) is 33.5. The van der Waals surface area contributed by atoms with Crippen molar-refractivity contribution in [1.82, 2.24) is 10.2 Å². The highest BCUT2D eigenvalue weighted by molar-refractivity contribution is 7.92. The second kappa shape index (κ2) is 14.5. The standard InChI is InChI=1S/C30H34Cl3N3O5S/c1-19(2)16-34-30(38)21(4)35(17-22-8-9-23(31)14-26(22)32)29(37)18-36(24-10-13-28(41-5)27(33)15-24)42(39,40)25-11-6-20(3)7-12-25/h6-15,19,21H,16-18H2,1-5H3,(H,34,38)/t21-/m0/s1. The third-order valence-corrected chi connectivity index (χ3v) is 9.19. The fraction of sp³-hybridized carbons (Fsp3) is 0.333. The summed E-state index contributed by atoms with van der Waals surface area (Å²) in [6, 6.07) is 14.6. The first-order valence-corrected chi connectivity index (χ1v) is 15.8. The van der Waals surface area contributed by atoms with Gasteiger partial charge in [0, 0.05) is 23.1 Å². The Labute approximate surface area is 262 Å². The van der Waals surface area contributed by atoms with Crippen LogP contribution in [0.4, 0.5) is 5.69 Å². The Balaban J connectivity index is 2.07. The minimum Gasteiger partial charge on any atom is -0.495 e. The third-order valence-electron chi connectivity index (χ3n) is 6.52. The van der Waals surface area contributed by atoms with E-state index < -0.39 is 28.5 Å². The van der Waals surface area contributed by atoms with E-state index in [0.717, 1.165) is 9.87 Å². The van der Waals surface area contributed by atoms with E-state index in [4.69, 9.17) is 39.5 Å². The van der Waals surface area contributed by atoms with Crippen LogP contribution < -0.4 is 14.4 Å². The maximum Gasteiger partial charge on any atom is 0.264 e. The van der Waals surface area contributed by atoms with Crippen molar-refractivity contribution in [3.8, 4) is 5.75 Å². The van der Waals surface area contributed by atoms with E-state index in [1.807, 2.05) is 20.8 Å². The van der Waals surface area contributed by atoms with Crippen LogP contribution in [0.15, 0.2) is 65.6 Å². The number of sulfonamides is 1. The molecule has 1 N–H and O–H groups in total. The fourth-order valence-corrected chi connectivity index (χ4v) is 6.17. The molecule has 0 spiro atoms. The molecule has 0 aliphatic carbocycles. The first-order chi connectivity index (χ1) is 19.7. The van der Waals surface area contributed by atoms with Gasteiger partial charge >= 0.3 is 0 Å². The van der Waals surface area contributed by atoms with Crippen LogP contribution in [0.2, 0.25) is 15.1 Å². The Bertz CT molecular complexity index is 1530. The van der Waals surface area contributed by atoms with Crippen LogP contribution in [0.25, 0.3) is 0 Å². The van der Waals surface area contributed by atoms with E-state index in [0.29, 0.717) is 27.9 Å². The Morgan fingerprint density at radius 1 is 0.929 bits per heavy atom. The van der Waals surface area contributed by atoms with E-state index in [1.165, 1.54) is 48.4 Å². The minimum atomic E-state index is -4.25. The molecule has 1 atom stereocenters. The molecular formula is C30H34Cl3N3O5S. The molecule has 8 nitrogen and oxygen atoms in total. The average Bonchev–Trinajstić information content (AvgIpc) is 2.93. The predicted octanol–water partition coefficient (Wildman–Crippen LogP) is 6.35. The summed E-state index contributed by atoms with van der Waals surface area (Å²) in [5, 5.41) is 3.73. The molecule has 0 aliphatic rings. The molecule has 0 fully saturated rings. The zero-order valence-electron chi connectivity index (χ0n) is 24.0. The lowest BCUT2D eigenvalue weighted by molar-refractivity contribution is -0.139. The normalized spacial score (nSPS) is 12.1. The number of anilines is 1. The van der Waals surface area contributed by atoms with Gasteiger partial charge in [-0.2, -0.15) is 0 Å². The van der Waals surface area contributed by atoms with Crippen molar-refractivity contribution in [2.45, 2.75) is 45.2 Å². The molecule has 12 heteroatoms. The lowest BCUT2D eigenvalue weighted by atomic mass is 10.1. The zero-order chi connectivity index (χ0) is 31.2. The van der Waals surface area contributed by atoms with Gasteiger partial charge < -0.3 is 15.0 Å². The first-order valence-electron chi connectivity index (χ1n) is 13.2. The van der Waals surface area contributed by atoms with Crippen molar-refractivity contribution in [2.24, 2.45) is 5.92 Å². The van der Waals surface area contributed by atoms with Crippen LogP contribution in [-0.2, 0) is 26.2 Å². The van der Waals surface area contributed by atoms with Crippen molar-refractivity contribution in [2.75, 3.05) is 24.5 Å². The molecule has 0 bridgehead atoms. The predicted molar refractivity (Wildman–Crippen MR) is 168 cm³/mol. The molecular weight excluding hydrogens is 621 g/mol. The summed E-state index contributed by atoms with van der Waals surface area (Å²) in [5.74, 6) is -0.488. The topological polar surface area (TPSA) is 96.0 Å². The molecule has 0 saturated carbocycles. The highest BCUT2D eigenvalue weighted by atomic mass is 35.5. The fourth-order valence-electron chi connectivity index (χ4n) is 4.05. The molecule has 0 saturated heterocycles. The van der Waals surface area contributed by atoms with Crippen LogP contribution in [0.5, 0.6) is 5.75 Å². The summed E-state index contributed by atoms with van der Waals surface area (Å²) in [6.07, 6.45) is 0. The van der Waals surface area contributed by atoms with Gasteiger partial charge in [0.2, 0.25) is 11.8 Å². The number of aryl methyl sites for hydroxylation is 1. The summed E-state index contributed by atoms with van der Waals surface area (Å²) in [6.45, 7) is 7.06. The number of nitrogens with zero attached hydrogens (tertiary/aromatic N) is 2.